The maximum absolute atomic E-state index is 11.9. The summed E-state index contributed by atoms with van der Waals surface area (Å²) >= 11 is 0. The van der Waals surface area contributed by atoms with Crippen molar-refractivity contribution in [2.45, 2.75) is 31.2 Å². The van der Waals surface area contributed by atoms with E-state index in [9.17, 15) is 28.6 Å². The molecule has 1 saturated heterocycles. The summed E-state index contributed by atoms with van der Waals surface area (Å²) in [5.74, 6) is 0.0483. The van der Waals surface area contributed by atoms with E-state index in [1.165, 1.54) is 17.2 Å². The molecule has 1 fully saturated rings. The highest BCUT2D eigenvalue weighted by Gasteiger charge is 2.44. The fourth-order valence-electron chi connectivity index (χ4n) is 2.56. The predicted octanol–water partition coefficient (Wildman–Crippen LogP) is -0.440. The van der Waals surface area contributed by atoms with Gasteiger partial charge < -0.3 is 44.8 Å². The van der Waals surface area contributed by atoms with E-state index in [1.54, 1.807) is 0 Å². The Balaban J connectivity index is 2.05. The molecular formula is C10H19N6O13P3. The van der Waals surface area contributed by atoms with E-state index in [-0.39, 0.29) is 12.3 Å². The number of hydrogen-bond donors (Lipinski definition) is 6. The molecule has 2 aliphatic heterocycles. The minimum atomic E-state index is -5.69. The molecule has 22 heteroatoms. The van der Waals surface area contributed by atoms with Gasteiger partial charge >= 0.3 is 23.5 Å². The van der Waals surface area contributed by atoms with E-state index < -0.39 is 61.6 Å². The lowest BCUT2D eigenvalue weighted by molar-refractivity contribution is -0.112. The summed E-state index contributed by atoms with van der Waals surface area (Å²) in [6, 6.07) is 0. The van der Waals surface area contributed by atoms with Crippen LogP contribution in [-0.4, -0.2) is 73.5 Å². The van der Waals surface area contributed by atoms with Crippen LogP contribution in [0.3, 0.4) is 0 Å². The molecule has 0 bridgehead atoms. The Labute approximate surface area is 179 Å². The highest BCUT2D eigenvalue weighted by molar-refractivity contribution is 7.66. The molecule has 0 saturated carbocycles. The average molecular weight is 524 g/mol. The number of aliphatic hydroxyl groups excluding tert-OH is 1. The third-order valence-corrected chi connectivity index (χ3v) is 7.49. The monoisotopic (exact) mass is 524 g/mol. The van der Waals surface area contributed by atoms with E-state index in [4.69, 9.17) is 30.5 Å². The maximum atomic E-state index is 11.9. The third kappa shape index (κ3) is 8.51. The number of azide groups is 1. The zero-order valence-electron chi connectivity index (χ0n) is 15.7. The second-order valence-electron chi connectivity index (χ2n) is 5.98. The van der Waals surface area contributed by atoms with Gasteiger partial charge in [0.2, 0.25) is 6.35 Å². The smallest absolute Gasteiger partial charge is 0.384 e. The van der Waals surface area contributed by atoms with Crippen molar-refractivity contribution in [3.63, 3.8) is 0 Å². The van der Waals surface area contributed by atoms with Crippen LogP contribution in [0.4, 0.5) is 0 Å². The highest BCUT2D eigenvalue weighted by atomic mass is 31.3. The summed E-state index contributed by atoms with van der Waals surface area (Å²) in [6.07, 6.45) is -1.67. The number of nitrogens with zero attached hydrogens (tertiary/aromatic N) is 5. The fourth-order valence-corrected chi connectivity index (χ4v) is 5.59. The molecule has 4 unspecified atom stereocenters. The van der Waals surface area contributed by atoms with Gasteiger partial charge in [0.1, 0.15) is 24.9 Å². The van der Waals surface area contributed by atoms with Crippen LogP contribution in [0.5, 0.6) is 0 Å². The van der Waals surface area contributed by atoms with Crippen molar-refractivity contribution < 1.29 is 61.0 Å². The van der Waals surface area contributed by atoms with E-state index in [1.807, 2.05) is 0 Å². The number of amidine groups is 1. The first-order chi connectivity index (χ1) is 14.7. The van der Waals surface area contributed by atoms with Crippen LogP contribution in [0.1, 0.15) is 6.42 Å². The molecule has 6 atom stereocenters. The number of phosphoric acid groups is 3. The molecular weight excluding hydrogens is 505 g/mol. The Morgan fingerprint density at radius 3 is 2.56 bits per heavy atom. The zero-order valence-corrected chi connectivity index (χ0v) is 18.4. The molecule has 32 heavy (non-hydrogen) atoms. The maximum Gasteiger partial charge on any atom is 0.490 e. The largest absolute Gasteiger partial charge is 0.490 e. The lowest BCUT2D eigenvalue weighted by Crippen LogP contribution is -2.41. The molecule has 0 aromatic carbocycles. The van der Waals surface area contributed by atoms with E-state index in [2.05, 4.69) is 28.2 Å². The standard InChI is InChI=1S/C10H19N6O13P3/c11-8-1-2-16(10(17)14-8)9-3-6(25-5-13-15-12)7(27-9)4-26-31(21,22)29-32(23,24)28-30(18,19)20/h1-2,6-7,9-10,17H,3-5H2,(H2,11,14)(H,21,22)(H,23,24)(H2,18,19,20)/t6?,7-,9-,10?/m1/s1. The van der Waals surface area contributed by atoms with Crippen molar-refractivity contribution in [3.05, 3.63) is 22.7 Å². The van der Waals surface area contributed by atoms with E-state index >= 15 is 0 Å². The molecule has 0 amide bonds. The van der Waals surface area contributed by atoms with Crippen LogP contribution >= 0.6 is 23.5 Å². The van der Waals surface area contributed by atoms with Gasteiger partial charge in [0.25, 0.3) is 0 Å². The van der Waals surface area contributed by atoms with Crippen molar-refractivity contribution >= 4 is 29.3 Å². The lowest BCUT2D eigenvalue weighted by atomic mass is 10.2. The number of nitrogens with two attached hydrogens (primary N) is 1. The summed E-state index contributed by atoms with van der Waals surface area (Å²) < 4.78 is 56.6. The number of aliphatic imine (C=N–C) groups is 1. The number of ether oxygens (including phenoxy) is 2. The van der Waals surface area contributed by atoms with Gasteiger partial charge in [0.15, 0.2) is 0 Å². The van der Waals surface area contributed by atoms with Crippen LogP contribution in [-0.2, 0) is 36.3 Å². The van der Waals surface area contributed by atoms with Crippen molar-refractivity contribution in [1.29, 1.82) is 0 Å². The molecule has 7 N–H and O–H groups in total. The molecule has 19 nitrogen and oxygen atoms in total. The van der Waals surface area contributed by atoms with Gasteiger partial charge in [-0.1, -0.05) is 5.11 Å². The van der Waals surface area contributed by atoms with Crippen molar-refractivity contribution in [1.82, 2.24) is 4.90 Å². The van der Waals surface area contributed by atoms with Crippen LogP contribution in [0.25, 0.3) is 10.4 Å². The summed E-state index contributed by atoms with van der Waals surface area (Å²) in [5, 5.41) is 13.2. The van der Waals surface area contributed by atoms with Gasteiger partial charge in [-0.15, -0.1) is 0 Å². The number of rotatable bonds is 11. The summed E-state index contributed by atoms with van der Waals surface area (Å²) in [6.45, 7) is -1.26. The van der Waals surface area contributed by atoms with Crippen LogP contribution in [0.2, 0.25) is 0 Å². The normalized spacial score (nSPS) is 29.7. The lowest BCUT2D eigenvalue weighted by Gasteiger charge is -2.31. The summed E-state index contributed by atoms with van der Waals surface area (Å²) in [4.78, 5) is 43.3. The van der Waals surface area contributed by atoms with Gasteiger partial charge in [-0.25, -0.2) is 18.7 Å². The SMILES string of the molecule is [N-]=[N+]=NCOC1C[C@H](N2C=CC(N)=NC2O)O[C@@H]1COP(=O)(O)OP(=O)(O)OP(=O)(O)O. The molecule has 2 aliphatic rings. The number of phosphoric ester groups is 1. The quantitative estimate of drug-likeness (QED) is 0.0864. The molecule has 0 radical (unpaired) electrons. The topological polar surface area (TPSA) is 289 Å². The van der Waals surface area contributed by atoms with Crippen LogP contribution < -0.4 is 5.73 Å². The van der Waals surface area contributed by atoms with E-state index in [0.29, 0.717) is 0 Å². The third-order valence-electron chi connectivity index (χ3n) is 3.69. The second-order valence-corrected chi connectivity index (χ2v) is 10.4. The molecule has 182 valence electrons. The van der Waals surface area contributed by atoms with Crippen molar-refractivity contribution in [2.24, 2.45) is 15.8 Å². The highest BCUT2D eigenvalue weighted by Crippen LogP contribution is 2.66. The Hall–Kier alpha value is -1.39. The van der Waals surface area contributed by atoms with Crippen LogP contribution in [0, 0.1) is 0 Å². The summed E-state index contributed by atoms with van der Waals surface area (Å²) in [7, 11) is -16.6. The second kappa shape index (κ2) is 10.7. The first-order valence-corrected chi connectivity index (χ1v) is 12.8. The Morgan fingerprint density at radius 2 is 1.97 bits per heavy atom. The summed E-state index contributed by atoms with van der Waals surface area (Å²) in [5.41, 5.74) is 13.8. The van der Waals surface area contributed by atoms with Crippen molar-refractivity contribution in [3.8, 4) is 0 Å². The number of hydrogen-bond acceptors (Lipinski definition) is 13. The molecule has 0 aromatic rings. The fraction of sp³-hybridized carbons (Fsp3) is 0.700. The van der Waals surface area contributed by atoms with E-state index in [0.717, 1.165) is 0 Å². The first kappa shape index (κ1) is 26.9. The van der Waals surface area contributed by atoms with Crippen LogP contribution in [0.15, 0.2) is 22.4 Å². The van der Waals surface area contributed by atoms with Crippen molar-refractivity contribution in [2.75, 3.05) is 13.3 Å². The van der Waals surface area contributed by atoms with Gasteiger partial charge in [0.05, 0.1) is 12.7 Å². The molecule has 0 aromatic heterocycles. The van der Waals surface area contributed by atoms with Gasteiger partial charge in [0, 0.05) is 17.5 Å². The molecule has 2 rings (SSSR count). The Bertz CT molecular complexity index is 933. The van der Waals surface area contributed by atoms with Gasteiger partial charge in [-0.05, 0) is 11.6 Å². The number of aliphatic hydroxyl groups is 1. The van der Waals surface area contributed by atoms with Gasteiger partial charge in [-0.2, -0.15) is 8.62 Å². The molecule has 0 spiro atoms. The average Bonchev–Trinajstić information content (AvgIpc) is 3.00. The molecule has 0 aliphatic carbocycles. The van der Waals surface area contributed by atoms with Gasteiger partial charge in [-0.3, -0.25) is 4.52 Å². The molecule has 2 heterocycles. The Morgan fingerprint density at radius 1 is 1.28 bits per heavy atom. The minimum Gasteiger partial charge on any atom is -0.384 e. The zero-order chi connectivity index (χ0) is 24.2. The first-order valence-electron chi connectivity index (χ1n) is 8.24. The minimum absolute atomic E-state index is 0.0161. The Kier molecular flexibility index (Phi) is 8.97. The predicted molar refractivity (Wildman–Crippen MR) is 101 cm³/mol.